The quantitative estimate of drug-likeness (QED) is 0.784. The number of amides is 1. The zero-order valence-electron chi connectivity index (χ0n) is 17.0. The summed E-state index contributed by atoms with van der Waals surface area (Å²) in [5, 5.41) is 3.72. The van der Waals surface area contributed by atoms with Crippen LogP contribution in [0.3, 0.4) is 0 Å². The summed E-state index contributed by atoms with van der Waals surface area (Å²) in [7, 11) is 0. The molecular weight excluding hydrogens is 408 g/mol. The normalized spacial score (nSPS) is 16.8. The summed E-state index contributed by atoms with van der Waals surface area (Å²) >= 11 is 6.22. The number of hydrogen-bond acceptors (Lipinski definition) is 8. The van der Waals surface area contributed by atoms with Gasteiger partial charge in [0.1, 0.15) is 12.9 Å². The highest BCUT2D eigenvalue weighted by Gasteiger charge is 2.33. The number of hydrogen-bond donors (Lipinski definition) is 1. The Bertz CT molecular complexity index is 904. The number of fused-ring (bicyclic) bond motifs is 1. The van der Waals surface area contributed by atoms with Gasteiger partial charge in [0.15, 0.2) is 11.6 Å². The Morgan fingerprint density at radius 2 is 2.10 bits per heavy atom. The second-order valence-corrected chi connectivity index (χ2v) is 7.96. The Morgan fingerprint density at radius 3 is 2.83 bits per heavy atom. The third-order valence-electron chi connectivity index (χ3n) is 5.16. The van der Waals surface area contributed by atoms with Crippen molar-refractivity contribution in [2.45, 2.75) is 38.8 Å². The van der Waals surface area contributed by atoms with Gasteiger partial charge in [-0.05, 0) is 32.8 Å². The predicted molar refractivity (Wildman–Crippen MR) is 114 cm³/mol. The standard InChI is InChI=1S/C20H25ClN6O3/c1-13(2)30-20(28)26-7-4-14(5-8-26)27-9-10-29-17-18(23-12-24-19(17)27)25-16-3-6-22-11-15(16)21/h3,6,11-14H,4-5,7-10H2,1-2H3,(H,22,23,24,25). The molecule has 2 aromatic heterocycles. The van der Waals surface area contributed by atoms with E-state index in [2.05, 4.69) is 25.2 Å². The van der Waals surface area contributed by atoms with Gasteiger partial charge in [0.05, 0.1) is 23.4 Å². The van der Waals surface area contributed by atoms with Crippen molar-refractivity contribution >= 4 is 35.0 Å². The van der Waals surface area contributed by atoms with Gasteiger partial charge in [0.25, 0.3) is 0 Å². The van der Waals surface area contributed by atoms with Crippen LogP contribution in [0.4, 0.5) is 22.1 Å². The highest BCUT2D eigenvalue weighted by molar-refractivity contribution is 6.33. The zero-order chi connectivity index (χ0) is 21.1. The van der Waals surface area contributed by atoms with Crippen LogP contribution in [0.15, 0.2) is 24.8 Å². The van der Waals surface area contributed by atoms with Crippen LogP contribution in [0.5, 0.6) is 5.75 Å². The van der Waals surface area contributed by atoms with E-state index >= 15 is 0 Å². The van der Waals surface area contributed by atoms with Crippen LogP contribution in [-0.4, -0.2) is 64.3 Å². The molecule has 1 amide bonds. The summed E-state index contributed by atoms with van der Waals surface area (Å²) in [5.74, 6) is 1.93. The van der Waals surface area contributed by atoms with E-state index in [-0.39, 0.29) is 18.2 Å². The van der Waals surface area contributed by atoms with E-state index in [4.69, 9.17) is 21.1 Å². The van der Waals surface area contributed by atoms with Crippen LogP contribution in [0.1, 0.15) is 26.7 Å². The van der Waals surface area contributed by atoms with Crippen LogP contribution in [0.25, 0.3) is 0 Å². The lowest BCUT2D eigenvalue weighted by Crippen LogP contribution is -2.49. The van der Waals surface area contributed by atoms with Crippen LogP contribution < -0.4 is 15.0 Å². The highest BCUT2D eigenvalue weighted by atomic mass is 35.5. The van der Waals surface area contributed by atoms with Crippen molar-refractivity contribution in [2.75, 3.05) is 36.5 Å². The summed E-state index contributed by atoms with van der Waals surface area (Å²) in [6.07, 6.45) is 6.08. The number of ether oxygens (including phenoxy) is 2. The van der Waals surface area contributed by atoms with Gasteiger partial charge in [0.2, 0.25) is 5.75 Å². The minimum atomic E-state index is -0.242. The lowest BCUT2D eigenvalue weighted by molar-refractivity contribution is 0.0687. The number of pyridine rings is 1. The van der Waals surface area contributed by atoms with Crippen LogP contribution in [0.2, 0.25) is 5.02 Å². The number of halogens is 1. The van der Waals surface area contributed by atoms with Crippen molar-refractivity contribution in [3.05, 3.63) is 29.8 Å². The van der Waals surface area contributed by atoms with E-state index in [0.717, 1.165) is 25.2 Å². The Hall–Kier alpha value is -2.81. The summed E-state index contributed by atoms with van der Waals surface area (Å²) < 4.78 is 11.2. The monoisotopic (exact) mass is 432 g/mol. The van der Waals surface area contributed by atoms with Gasteiger partial charge in [0, 0.05) is 31.5 Å². The molecule has 0 unspecified atom stereocenters. The van der Waals surface area contributed by atoms with Crippen LogP contribution in [-0.2, 0) is 4.74 Å². The first-order valence-electron chi connectivity index (χ1n) is 10.1. The summed E-state index contributed by atoms with van der Waals surface area (Å²) in [5.41, 5.74) is 0.699. The molecule has 30 heavy (non-hydrogen) atoms. The van der Waals surface area contributed by atoms with Crippen molar-refractivity contribution in [1.29, 1.82) is 0 Å². The van der Waals surface area contributed by atoms with Crippen LogP contribution >= 0.6 is 11.6 Å². The smallest absolute Gasteiger partial charge is 0.410 e. The molecule has 1 saturated heterocycles. The van der Waals surface area contributed by atoms with E-state index in [1.54, 1.807) is 23.4 Å². The molecule has 0 atom stereocenters. The molecule has 4 heterocycles. The lowest BCUT2D eigenvalue weighted by atomic mass is 10.0. The van der Waals surface area contributed by atoms with Gasteiger partial charge in [-0.3, -0.25) is 4.98 Å². The molecule has 0 bridgehead atoms. The Kier molecular flexibility index (Phi) is 6.08. The number of likely N-dealkylation sites (tertiary alicyclic amines) is 1. The van der Waals surface area contributed by atoms with Gasteiger partial charge in [-0.15, -0.1) is 0 Å². The minimum absolute atomic E-state index is 0.113. The largest absolute Gasteiger partial charge is 0.485 e. The maximum absolute atomic E-state index is 12.2. The van der Waals surface area contributed by atoms with E-state index in [1.807, 2.05) is 13.8 Å². The molecule has 0 aromatic carbocycles. The molecule has 10 heteroatoms. The molecule has 2 aliphatic rings. The highest BCUT2D eigenvalue weighted by Crippen LogP contribution is 2.39. The number of aromatic nitrogens is 3. The first kappa shape index (κ1) is 20.5. The fraction of sp³-hybridized carbons (Fsp3) is 0.500. The predicted octanol–water partition coefficient (Wildman–Crippen LogP) is 3.48. The van der Waals surface area contributed by atoms with Gasteiger partial charge in [-0.2, -0.15) is 0 Å². The van der Waals surface area contributed by atoms with Gasteiger partial charge in [-0.25, -0.2) is 14.8 Å². The zero-order valence-corrected chi connectivity index (χ0v) is 17.8. The first-order valence-corrected chi connectivity index (χ1v) is 10.5. The number of nitrogens with zero attached hydrogens (tertiary/aromatic N) is 5. The number of nitrogens with one attached hydrogen (secondary N) is 1. The molecule has 1 fully saturated rings. The third-order valence-corrected chi connectivity index (χ3v) is 5.46. The number of carbonyl (C=O) groups is 1. The lowest BCUT2D eigenvalue weighted by Gasteiger charge is -2.41. The van der Waals surface area contributed by atoms with E-state index in [0.29, 0.717) is 42.0 Å². The summed E-state index contributed by atoms with van der Waals surface area (Å²) in [4.78, 5) is 29.0. The van der Waals surface area contributed by atoms with Crippen molar-refractivity contribution < 1.29 is 14.3 Å². The first-order chi connectivity index (χ1) is 14.5. The van der Waals surface area contributed by atoms with Crippen molar-refractivity contribution in [1.82, 2.24) is 19.9 Å². The second-order valence-electron chi connectivity index (χ2n) is 7.55. The average molecular weight is 433 g/mol. The average Bonchev–Trinajstić information content (AvgIpc) is 2.75. The maximum atomic E-state index is 12.2. The molecule has 2 aromatic rings. The van der Waals surface area contributed by atoms with E-state index in [1.165, 1.54) is 6.33 Å². The molecule has 1 N–H and O–H groups in total. The fourth-order valence-electron chi connectivity index (χ4n) is 3.74. The van der Waals surface area contributed by atoms with E-state index < -0.39 is 0 Å². The number of rotatable bonds is 4. The van der Waals surface area contributed by atoms with Gasteiger partial charge >= 0.3 is 6.09 Å². The molecular formula is C20H25ClN6O3. The molecule has 0 saturated carbocycles. The fourth-order valence-corrected chi connectivity index (χ4v) is 3.91. The maximum Gasteiger partial charge on any atom is 0.410 e. The number of anilines is 3. The SMILES string of the molecule is CC(C)OC(=O)N1CCC(N2CCOc3c(Nc4ccncc4Cl)ncnc32)CC1. The Labute approximate surface area is 180 Å². The third kappa shape index (κ3) is 4.35. The number of piperidine rings is 1. The summed E-state index contributed by atoms with van der Waals surface area (Å²) in [6, 6.07) is 2.05. The Morgan fingerprint density at radius 1 is 1.30 bits per heavy atom. The minimum Gasteiger partial charge on any atom is -0.485 e. The number of carbonyl (C=O) groups excluding carboxylic acids is 1. The molecule has 0 spiro atoms. The van der Waals surface area contributed by atoms with Gasteiger partial charge < -0.3 is 24.6 Å². The molecule has 0 aliphatic carbocycles. The molecule has 4 rings (SSSR count). The molecule has 0 radical (unpaired) electrons. The van der Waals surface area contributed by atoms with Gasteiger partial charge in [-0.1, -0.05) is 11.6 Å². The Balaban J connectivity index is 1.48. The topological polar surface area (TPSA) is 92.7 Å². The molecule has 9 nitrogen and oxygen atoms in total. The second kappa shape index (κ2) is 8.91. The van der Waals surface area contributed by atoms with Crippen molar-refractivity contribution in [3.63, 3.8) is 0 Å². The summed E-state index contributed by atoms with van der Waals surface area (Å²) in [6.45, 7) is 6.31. The molecule has 2 aliphatic heterocycles. The van der Waals surface area contributed by atoms with Crippen LogP contribution in [0, 0.1) is 0 Å². The van der Waals surface area contributed by atoms with E-state index in [9.17, 15) is 4.79 Å². The van der Waals surface area contributed by atoms with Crippen molar-refractivity contribution in [2.24, 2.45) is 0 Å². The van der Waals surface area contributed by atoms with Crippen molar-refractivity contribution in [3.8, 4) is 5.75 Å². The molecule has 160 valence electrons.